The van der Waals surface area contributed by atoms with Crippen LogP contribution in [0.2, 0.25) is 10.0 Å². The molecule has 0 aliphatic heterocycles. The third-order valence-electron chi connectivity index (χ3n) is 5.31. The maximum Gasteiger partial charge on any atom is 0.253 e. The summed E-state index contributed by atoms with van der Waals surface area (Å²) in [5, 5.41) is 3.72. The topological polar surface area (TPSA) is 63.2 Å². The van der Waals surface area contributed by atoms with E-state index in [1.54, 1.807) is 36.4 Å². The summed E-state index contributed by atoms with van der Waals surface area (Å²) < 4.78 is 25.1. The van der Waals surface area contributed by atoms with Gasteiger partial charge in [0.1, 0.15) is 0 Å². The molecule has 1 N–H and O–H groups in total. The van der Waals surface area contributed by atoms with Crippen LogP contribution in [-0.4, -0.2) is 20.1 Å². The maximum atomic E-state index is 13.0. The zero-order chi connectivity index (χ0) is 22.0. The maximum absolute atomic E-state index is 13.0. The van der Waals surface area contributed by atoms with Crippen molar-refractivity contribution in [3.63, 3.8) is 0 Å². The summed E-state index contributed by atoms with van der Waals surface area (Å²) in [4.78, 5) is 13.3. The summed E-state index contributed by atoms with van der Waals surface area (Å²) in [6.07, 6.45) is 1.96. The molecular formula is C24H21Cl2NO3S. The number of hydrogen-bond acceptors (Lipinski definition) is 3. The average molecular weight is 474 g/mol. The number of nitrogens with one attached hydrogen (secondary N) is 1. The van der Waals surface area contributed by atoms with E-state index in [1.165, 1.54) is 6.07 Å². The molecule has 1 fully saturated rings. The van der Waals surface area contributed by atoms with Crippen LogP contribution in [0.5, 0.6) is 0 Å². The molecule has 0 aromatic heterocycles. The first-order valence-electron chi connectivity index (χ1n) is 9.97. The van der Waals surface area contributed by atoms with Crippen molar-refractivity contribution in [2.24, 2.45) is 5.92 Å². The highest BCUT2D eigenvalue weighted by Gasteiger charge is 2.29. The van der Waals surface area contributed by atoms with Crippen LogP contribution in [-0.2, 0) is 9.84 Å². The van der Waals surface area contributed by atoms with Gasteiger partial charge in [0, 0.05) is 5.02 Å². The van der Waals surface area contributed by atoms with Gasteiger partial charge in [-0.1, -0.05) is 65.7 Å². The molecule has 1 atom stereocenters. The first-order chi connectivity index (χ1) is 14.8. The Morgan fingerprint density at radius 2 is 1.58 bits per heavy atom. The number of halogens is 2. The fraction of sp³-hybridized carbons (Fsp3) is 0.208. The first-order valence-corrected chi connectivity index (χ1v) is 12.4. The van der Waals surface area contributed by atoms with Gasteiger partial charge in [0.25, 0.3) is 5.91 Å². The molecule has 0 bridgehead atoms. The molecule has 3 aromatic rings. The molecular weight excluding hydrogens is 453 g/mol. The molecule has 0 radical (unpaired) electrons. The van der Waals surface area contributed by atoms with Gasteiger partial charge in [-0.3, -0.25) is 4.79 Å². The summed E-state index contributed by atoms with van der Waals surface area (Å²) in [6.45, 7) is 0. The van der Waals surface area contributed by atoms with E-state index in [4.69, 9.17) is 23.2 Å². The highest BCUT2D eigenvalue weighted by molar-refractivity contribution is 7.91. The number of benzene rings is 3. The number of hydrogen-bond donors (Lipinski definition) is 1. The lowest BCUT2D eigenvalue weighted by molar-refractivity contribution is 0.0943. The van der Waals surface area contributed by atoms with Gasteiger partial charge in [-0.2, -0.15) is 0 Å². The van der Waals surface area contributed by atoms with Crippen molar-refractivity contribution in [2.75, 3.05) is 5.75 Å². The van der Waals surface area contributed by atoms with E-state index in [0.29, 0.717) is 15.5 Å². The lowest BCUT2D eigenvalue weighted by Crippen LogP contribution is -2.29. The van der Waals surface area contributed by atoms with E-state index >= 15 is 0 Å². The van der Waals surface area contributed by atoms with Crippen LogP contribution in [0, 0.1) is 5.92 Å². The van der Waals surface area contributed by atoms with E-state index in [2.05, 4.69) is 5.32 Å². The molecule has 1 aliphatic rings. The average Bonchev–Trinajstić information content (AvgIpc) is 3.56. The molecule has 4 rings (SSSR count). The zero-order valence-corrected chi connectivity index (χ0v) is 18.9. The molecule has 1 unspecified atom stereocenters. The van der Waals surface area contributed by atoms with Gasteiger partial charge >= 0.3 is 0 Å². The van der Waals surface area contributed by atoms with Gasteiger partial charge in [-0.15, -0.1) is 0 Å². The van der Waals surface area contributed by atoms with Crippen molar-refractivity contribution in [3.8, 4) is 0 Å². The summed E-state index contributed by atoms with van der Waals surface area (Å²) >= 11 is 12.1. The highest BCUT2D eigenvalue weighted by Crippen LogP contribution is 2.33. The Labute approximate surface area is 192 Å². The Bertz CT molecular complexity index is 1190. The SMILES string of the molecule is O=C(NC(c1ccccc1)c1ccc(S(=O)(=O)CC2CC2)cc1)c1ccc(Cl)cc1Cl. The van der Waals surface area contributed by atoms with Crippen LogP contribution in [0.25, 0.3) is 0 Å². The molecule has 4 nitrogen and oxygen atoms in total. The molecule has 160 valence electrons. The van der Waals surface area contributed by atoms with Crippen molar-refractivity contribution in [2.45, 2.75) is 23.8 Å². The molecule has 0 heterocycles. The Morgan fingerprint density at radius 3 is 2.19 bits per heavy atom. The Morgan fingerprint density at radius 1 is 0.935 bits per heavy atom. The first kappa shape index (κ1) is 21.9. The van der Waals surface area contributed by atoms with E-state index < -0.39 is 15.9 Å². The summed E-state index contributed by atoms with van der Waals surface area (Å²) in [5.74, 6) is 0.131. The third-order valence-corrected chi connectivity index (χ3v) is 7.76. The second kappa shape index (κ2) is 9.03. The van der Waals surface area contributed by atoms with Crippen molar-refractivity contribution in [3.05, 3.63) is 99.5 Å². The molecule has 1 saturated carbocycles. The molecule has 3 aromatic carbocycles. The van der Waals surface area contributed by atoms with Crippen molar-refractivity contribution >= 4 is 38.9 Å². The predicted molar refractivity (Wildman–Crippen MR) is 123 cm³/mol. The fourth-order valence-electron chi connectivity index (χ4n) is 3.45. The van der Waals surface area contributed by atoms with Crippen molar-refractivity contribution in [1.29, 1.82) is 0 Å². The van der Waals surface area contributed by atoms with Crippen LogP contribution in [0.15, 0.2) is 77.7 Å². The van der Waals surface area contributed by atoms with Gasteiger partial charge in [0.05, 0.1) is 27.3 Å². The zero-order valence-electron chi connectivity index (χ0n) is 16.6. The van der Waals surface area contributed by atoms with Crippen LogP contribution in [0.3, 0.4) is 0 Å². The second-order valence-corrected chi connectivity index (χ2v) is 10.6. The van der Waals surface area contributed by atoms with Gasteiger partial charge in [0.15, 0.2) is 9.84 Å². The van der Waals surface area contributed by atoms with Gasteiger partial charge in [-0.25, -0.2) is 8.42 Å². The molecule has 1 aliphatic carbocycles. The quantitative estimate of drug-likeness (QED) is 0.478. The second-order valence-electron chi connectivity index (χ2n) is 7.74. The molecule has 31 heavy (non-hydrogen) atoms. The normalized spacial score (nSPS) is 14.8. The van der Waals surface area contributed by atoms with Crippen LogP contribution < -0.4 is 5.32 Å². The Hall–Kier alpha value is -2.34. The van der Waals surface area contributed by atoms with Crippen molar-refractivity contribution in [1.82, 2.24) is 5.32 Å². The Balaban J connectivity index is 1.63. The van der Waals surface area contributed by atoms with Gasteiger partial charge in [0.2, 0.25) is 0 Å². The minimum atomic E-state index is -3.30. The Kier molecular flexibility index (Phi) is 6.37. The smallest absolute Gasteiger partial charge is 0.253 e. The van der Waals surface area contributed by atoms with Crippen molar-refractivity contribution < 1.29 is 13.2 Å². The fourth-order valence-corrected chi connectivity index (χ4v) is 5.64. The van der Waals surface area contributed by atoms with E-state index in [9.17, 15) is 13.2 Å². The van der Waals surface area contributed by atoms with E-state index in [1.807, 2.05) is 30.3 Å². The molecule has 0 spiro atoms. The highest BCUT2D eigenvalue weighted by atomic mass is 35.5. The molecule has 0 saturated heterocycles. The van der Waals surface area contributed by atoms with Crippen LogP contribution >= 0.6 is 23.2 Å². The minimum absolute atomic E-state index is 0.195. The van der Waals surface area contributed by atoms with Gasteiger partial charge < -0.3 is 5.32 Å². The number of carbonyl (C=O) groups is 1. The van der Waals surface area contributed by atoms with Gasteiger partial charge in [-0.05, 0) is 60.2 Å². The monoisotopic (exact) mass is 473 g/mol. The molecule has 1 amide bonds. The third kappa shape index (κ3) is 5.29. The number of rotatable bonds is 7. The lowest BCUT2D eigenvalue weighted by Gasteiger charge is -2.21. The largest absolute Gasteiger partial charge is 0.341 e. The van der Waals surface area contributed by atoms with Crippen LogP contribution in [0.4, 0.5) is 0 Å². The predicted octanol–water partition coefficient (Wildman–Crippen LogP) is 5.70. The standard InChI is InChI=1S/C24H21Cl2NO3S/c25-19-10-13-21(22(26)14-19)24(28)27-23(17-4-2-1-3-5-17)18-8-11-20(12-9-18)31(29,30)15-16-6-7-16/h1-5,8-14,16,23H,6-7,15H2,(H,27,28). The summed E-state index contributed by atoms with van der Waals surface area (Å²) in [5.41, 5.74) is 1.96. The number of carbonyl (C=O) groups excluding carboxylic acids is 1. The number of sulfone groups is 1. The van der Waals surface area contributed by atoms with Crippen LogP contribution in [0.1, 0.15) is 40.4 Å². The van der Waals surface area contributed by atoms with E-state index in [-0.39, 0.29) is 22.6 Å². The summed E-state index contributed by atoms with van der Waals surface area (Å²) in [7, 11) is -3.30. The summed E-state index contributed by atoms with van der Waals surface area (Å²) in [6, 6.07) is 20.5. The van der Waals surface area contributed by atoms with E-state index in [0.717, 1.165) is 24.0 Å². The lowest BCUT2D eigenvalue weighted by atomic mass is 9.98. The molecule has 7 heteroatoms. The minimum Gasteiger partial charge on any atom is -0.341 e. The number of amides is 1.